The Labute approximate surface area is 116 Å². The van der Waals surface area contributed by atoms with Crippen LogP contribution in [0.25, 0.3) is 0 Å². The number of hydrogen-bond donors (Lipinski definition) is 1. The van der Waals surface area contributed by atoms with Crippen LogP contribution in [-0.4, -0.2) is 35.6 Å². The van der Waals surface area contributed by atoms with Gasteiger partial charge in [-0.25, -0.2) is 0 Å². The lowest BCUT2D eigenvalue weighted by Gasteiger charge is -2.10. The number of nitrogens with zero attached hydrogens (tertiary/aromatic N) is 2. The van der Waals surface area contributed by atoms with E-state index >= 15 is 0 Å². The zero-order chi connectivity index (χ0) is 13.7. The van der Waals surface area contributed by atoms with Crippen molar-refractivity contribution in [3.05, 3.63) is 17.0 Å². The second-order valence-corrected chi connectivity index (χ2v) is 5.40. The Balaban J connectivity index is 1.91. The van der Waals surface area contributed by atoms with Crippen LogP contribution in [0.15, 0.2) is 0 Å². The van der Waals surface area contributed by atoms with E-state index in [0.717, 1.165) is 39.1 Å². The summed E-state index contributed by atoms with van der Waals surface area (Å²) in [4.78, 5) is 0. The lowest BCUT2D eigenvalue weighted by Crippen LogP contribution is -2.17. The summed E-state index contributed by atoms with van der Waals surface area (Å²) in [7, 11) is 0. The summed E-state index contributed by atoms with van der Waals surface area (Å²) >= 11 is 0. The Morgan fingerprint density at radius 1 is 1.42 bits per heavy atom. The first-order valence-electron chi connectivity index (χ1n) is 7.57. The Morgan fingerprint density at radius 3 is 2.95 bits per heavy atom. The average molecular weight is 265 g/mol. The average Bonchev–Trinajstić information content (AvgIpc) is 2.99. The second-order valence-electron chi connectivity index (χ2n) is 5.40. The van der Waals surface area contributed by atoms with Crippen molar-refractivity contribution in [3.63, 3.8) is 0 Å². The van der Waals surface area contributed by atoms with Crippen LogP contribution in [0, 0.1) is 13.8 Å². The Bertz CT molecular complexity index is 394. The van der Waals surface area contributed by atoms with Crippen molar-refractivity contribution < 1.29 is 4.74 Å². The summed E-state index contributed by atoms with van der Waals surface area (Å²) in [6.07, 6.45) is 5.05. The number of aryl methyl sites for hydroxylation is 2. The first-order chi connectivity index (χ1) is 9.22. The Kier molecular flexibility index (Phi) is 5.40. The molecule has 1 atom stereocenters. The van der Waals surface area contributed by atoms with E-state index in [1.54, 1.807) is 0 Å². The van der Waals surface area contributed by atoms with E-state index in [0.29, 0.717) is 6.10 Å². The molecule has 0 radical (unpaired) electrons. The molecule has 0 amide bonds. The van der Waals surface area contributed by atoms with Crippen molar-refractivity contribution >= 4 is 0 Å². The van der Waals surface area contributed by atoms with Crippen LogP contribution in [0.1, 0.15) is 43.1 Å². The predicted octanol–water partition coefficient (Wildman–Crippen LogP) is 2.22. The minimum Gasteiger partial charge on any atom is -0.378 e. The lowest BCUT2D eigenvalue weighted by atomic mass is 10.1. The number of rotatable bonds is 7. The maximum absolute atomic E-state index is 5.68. The molecular weight excluding hydrogens is 238 g/mol. The number of likely N-dealkylation sites (N-methyl/N-ethyl adjacent to an activating group) is 1. The minimum atomic E-state index is 0.453. The highest BCUT2D eigenvalue weighted by molar-refractivity contribution is 5.24. The first-order valence-corrected chi connectivity index (χ1v) is 7.57. The molecule has 2 rings (SSSR count). The largest absolute Gasteiger partial charge is 0.378 e. The molecule has 1 aliphatic rings. The molecular formula is C15H27N3O. The molecule has 4 nitrogen and oxygen atoms in total. The molecule has 0 aliphatic carbocycles. The number of hydrogen-bond acceptors (Lipinski definition) is 3. The van der Waals surface area contributed by atoms with Gasteiger partial charge in [-0.3, -0.25) is 4.68 Å². The van der Waals surface area contributed by atoms with Crippen molar-refractivity contribution in [1.29, 1.82) is 0 Å². The standard InChI is InChI=1S/C15H27N3O/c1-4-16-9-7-15-12(2)17-18(13(15)3)10-8-14-6-5-11-19-14/h14,16H,4-11H2,1-3H3. The molecule has 1 N–H and O–H groups in total. The minimum absolute atomic E-state index is 0.453. The molecule has 4 heteroatoms. The fourth-order valence-electron chi connectivity index (χ4n) is 2.84. The summed E-state index contributed by atoms with van der Waals surface area (Å²) in [6.45, 7) is 10.5. The maximum Gasteiger partial charge on any atom is 0.0628 e. The van der Waals surface area contributed by atoms with Gasteiger partial charge in [0.15, 0.2) is 0 Å². The molecule has 1 saturated heterocycles. The van der Waals surface area contributed by atoms with E-state index in [2.05, 4.69) is 35.9 Å². The molecule has 1 aliphatic heterocycles. The van der Waals surface area contributed by atoms with Gasteiger partial charge in [0.1, 0.15) is 0 Å². The lowest BCUT2D eigenvalue weighted by molar-refractivity contribution is 0.0992. The molecule has 1 unspecified atom stereocenters. The summed E-state index contributed by atoms with van der Waals surface area (Å²) in [6, 6.07) is 0. The quantitative estimate of drug-likeness (QED) is 0.768. The molecule has 2 heterocycles. The van der Waals surface area contributed by atoms with Crippen molar-refractivity contribution in [1.82, 2.24) is 15.1 Å². The summed E-state index contributed by atoms with van der Waals surface area (Å²) in [5.41, 5.74) is 3.92. The van der Waals surface area contributed by atoms with Crippen molar-refractivity contribution in [2.24, 2.45) is 0 Å². The summed E-state index contributed by atoms with van der Waals surface area (Å²) in [5, 5.41) is 8.06. The SMILES string of the molecule is CCNCCc1c(C)nn(CCC2CCCO2)c1C. The van der Waals surface area contributed by atoms with Crippen LogP contribution in [0.5, 0.6) is 0 Å². The molecule has 0 saturated carbocycles. The highest BCUT2D eigenvalue weighted by Gasteiger charge is 2.17. The van der Waals surface area contributed by atoms with Crippen molar-refractivity contribution in [2.45, 2.75) is 59.1 Å². The van der Waals surface area contributed by atoms with Gasteiger partial charge in [-0.15, -0.1) is 0 Å². The molecule has 1 aromatic heterocycles. The fraction of sp³-hybridized carbons (Fsp3) is 0.800. The van der Waals surface area contributed by atoms with E-state index in [9.17, 15) is 0 Å². The predicted molar refractivity (Wildman–Crippen MR) is 77.5 cm³/mol. The van der Waals surface area contributed by atoms with Crippen LogP contribution in [-0.2, 0) is 17.7 Å². The van der Waals surface area contributed by atoms with Gasteiger partial charge < -0.3 is 10.1 Å². The maximum atomic E-state index is 5.68. The van der Waals surface area contributed by atoms with E-state index < -0.39 is 0 Å². The number of nitrogens with one attached hydrogen (secondary N) is 1. The third-order valence-electron chi connectivity index (χ3n) is 4.02. The third-order valence-corrected chi connectivity index (χ3v) is 4.02. The van der Waals surface area contributed by atoms with Gasteiger partial charge in [0.2, 0.25) is 0 Å². The topological polar surface area (TPSA) is 39.1 Å². The van der Waals surface area contributed by atoms with Crippen LogP contribution in [0.3, 0.4) is 0 Å². The van der Waals surface area contributed by atoms with Gasteiger partial charge in [-0.1, -0.05) is 6.92 Å². The summed E-state index contributed by atoms with van der Waals surface area (Å²) < 4.78 is 7.84. The third kappa shape index (κ3) is 3.80. The van der Waals surface area contributed by atoms with Gasteiger partial charge in [-0.05, 0) is 58.2 Å². The highest BCUT2D eigenvalue weighted by atomic mass is 16.5. The summed E-state index contributed by atoms with van der Waals surface area (Å²) in [5.74, 6) is 0. The molecule has 108 valence electrons. The monoisotopic (exact) mass is 265 g/mol. The zero-order valence-corrected chi connectivity index (χ0v) is 12.5. The second kappa shape index (κ2) is 7.06. The van der Waals surface area contributed by atoms with Gasteiger partial charge in [0, 0.05) is 18.8 Å². The molecule has 1 fully saturated rings. The van der Waals surface area contributed by atoms with Gasteiger partial charge in [-0.2, -0.15) is 5.10 Å². The molecule has 0 aromatic carbocycles. The molecule has 0 bridgehead atoms. The first kappa shape index (κ1) is 14.5. The van der Waals surface area contributed by atoms with Crippen LogP contribution >= 0.6 is 0 Å². The molecule has 1 aromatic rings. The number of ether oxygens (including phenoxy) is 1. The van der Waals surface area contributed by atoms with Gasteiger partial charge in [0.05, 0.1) is 11.8 Å². The highest BCUT2D eigenvalue weighted by Crippen LogP contribution is 2.18. The van der Waals surface area contributed by atoms with E-state index in [1.165, 1.54) is 29.8 Å². The van der Waals surface area contributed by atoms with Crippen molar-refractivity contribution in [2.75, 3.05) is 19.7 Å². The Hall–Kier alpha value is -0.870. The normalized spacial score (nSPS) is 19.2. The van der Waals surface area contributed by atoms with E-state index in [-0.39, 0.29) is 0 Å². The van der Waals surface area contributed by atoms with Gasteiger partial charge >= 0.3 is 0 Å². The van der Waals surface area contributed by atoms with Gasteiger partial charge in [0.25, 0.3) is 0 Å². The van der Waals surface area contributed by atoms with E-state index in [1.807, 2.05) is 0 Å². The number of aromatic nitrogens is 2. The molecule has 0 spiro atoms. The van der Waals surface area contributed by atoms with Crippen LogP contribution in [0.4, 0.5) is 0 Å². The Morgan fingerprint density at radius 2 is 2.26 bits per heavy atom. The molecule has 19 heavy (non-hydrogen) atoms. The van der Waals surface area contributed by atoms with Crippen molar-refractivity contribution in [3.8, 4) is 0 Å². The van der Waals surface area contributed by atoms with E-state index in [4.69, 9.17) is 4.74 Å². The van der Waals surface area contributed by atoms with Crippen LogP contribution in [0.2, 0.25) is 0 Å². The smallest absolute Gasteiger partial charge is 0.0628 e. The fourth-order valence-corrected chi connectivity index (χ4v) is 2.84. The van der Waals surface area contributed by atoms with Crippen LogP contribution < -0.4 is 5.32 Å². The zero-order valence-electron chi connectivity index (χ0n) is 12.5.